The summed E-state index contributed by atoms with van der Waals surface area (Å²) >= 11 is -2.88. The van der Waals surface area contributed by atoms with E-state index in [1.165, 1.54) is 37.7 Å². The Morgan fingerprint density at radius 3 is 1.77 bits per heavy atom. The molecule has 0 nitrogen and oxygen atoms in total. The van der Waals surface area contributed by atoms with Crippen molar-refractivity contribution in [2.24, 2.45) is 78.8 Å². The van der Waals surface area contributed by atoms with Gasteiger partial charge in [-0.25, -0.2) is 0 Å². The molecule has 3 heteroatoms. The molecule has 1 aromatic rings. The number of hydrogen-bond donors (Lipinski definition) is 0. The zero-order valence-corrected chi connectivity index (χ0v) is 40.7. The van der Waals surface area contributed by atoms with Gasteiger partial charge in [-0.15, -0.1) is 0 Å². The molecule has 10 unspecified atom stereocenters. The van der Waals surface area contributed by atoms with Crippen molar-refractivity contribution in [1.82, 2.24) is 0 Å². The Morgan fingerprint density at radius 1 is 0.667 bits per heavy atom. The Bertz CT molecular complexity index is 2130. The summed E-state index contributed by atoms with van der Waals surface area (Å²) in [6.45, 7) is 29.7. The Kier molecular flexibility index (Phi) is 9.79. The number of hydrogen-bond acceptors (Lipinski definition) is 0. The van der Waals surface area contributed by atoms with E-state index in [1.54, 1.807) is 14.4 Å². The number of allylic oxidation sites excluding steroid dienone is 16. The van der Waals surface area contributed by atoms with Crippen LogP contribution in [0, 0.1) is 78.8 Å². The summed E-state index contributed by atoms with van der Waals surface area (Å²) in [4.78, 5) is 0. The molecule has 6 fully saturated rings. The van der Waals surface area contributed by atoms with Gasteiger partial charge in [0.1, 0.15) is 0 Å². The fourth-order valence-corrected chi connectivity index (χ4v) is 29.0. The van der Waals surface area contributed by atoms with Gasteiger partial charge in [0.25, 0.3) is 0 Å². The van der Waals surface area contributed by atoms with Crippen LogP contribution in [0.1, 0.15) is 114 Å². The van der Waals surface area contributed by atoms with Crippen molar-refractivity contribution in [1.29, 1.82) is 0 Å². The van der Waals surface area contributed by atoms with Crippen LogP contribution in [0.15, 0.2) is 124 Å². The first-order valence-corrected chi connectivity index (χ1v) is 26.2. The molecule has 4 bridgehead atoms. The van der Waals surface area contributed by atoms with Crippen LogP contribution in [0.25, 0.3) is 0 Å². The van der Waals surface area contributed by atoms with Crippen LogP contribution in [-0.4, -0.2) is 3.21 Å². The number of halogens is 2. The summed E-state index contributed by atoms with van der Waals surface area (Å²) in [6, 6.07) is 11.8. The predicted molar refractivity (Wildman–Crippen MR) is 230 cm³/mol. The van der Waals surface area contributed by atoms with Gasteiger partial charge in [-0.05, 0) is 0 Å². The molecular weight excluding hydrogens is 811 g/mol. The van der Waals surface area contributed by atoms with E-state index in [0.29, 0.717) is 20.9 Å². The smallest absolute Gasteiger partial charge is 1.00 e. The Balaban J connectivity index is 0.00000228. The summed E-state index contributed by atoms with van der Waals surface area (Å²) < 4.78 is 4.23. The minimum Gasteiger partial charge on any atom is -1.00 e. The van der Waals surface area contributed by atoms with Gasteiger partial charge in [0.05, 0.1) is 0 Å². The van der Waals surface area contributed by atoms with Crippen LogP contribution in [0.5, 0.6) is 0 Å². The zero-order chi connectivity index (χ0) is 38.8. The zero-order valence-electron chi connectivity index (χ0n) is 36.7. The van der Waals surface area contributed by atoms with Crippen molar-refractivity contribution in [3.63, 3.8) is 0 Å². The fraction of sp³-hybridized carbons (Fsp3) is 0.574. The van der Waals surface area contributed by atoms with Crippen molar-refractivity contribution in [3.8, 4) is 0 Å². The molecule has 0 N–H and O–H groups in total. The van der Waals surface area contributed by atoms with Crippen LogP contribution in [0.3, 0.4) is 0 Å². The van der Waals surface area contributed by atoms with E-state index in [0.717, 1.165) is 23.7 Å². The second-order valence-electron chi connectivity index (χ2n) is 22.0. The molecule has 0 saturated heterocycles. The van der Waals surface area contributed by atoms with Crippen molar-refractivity contribution in [3.05, 3.63) is 129 Å². The van der Waals surface area contributed by atoms with E-state index in [9.17, 15) is 0 Å². The molecule has 0 amide bonds. The van der Waals surface area contributed by atoms with Crippen LogP contribution >= 0.6 is 0 Å². The maximum absolute atomic E-state index is 2.94. The third kappa shape index (κ3) is 4.55. The topological polar surface area (TPSA) is 0 Å². The third-order valence-corrected chi connectivity index (χ3v) is 31.0. The van der Waals surface area contributed by atoms with Crippen molar-refractivity contribution in [2.75, 3.05) is 0 Å². The molecule has 11 rings (SSSR count). The summed E-state index contributed by atoms with van der Waals surface area (Å²) in [5.74, 6) is 4.70. The Hall–Kier alpha value is -1.53. The van der Waals surface area contributed by atoms with Crippen LogP contribution < -0.4 is 24.8 Å². The molecule has 1 aromatic carbocycles. The summed E-state index contributed by atoms with van der Waals surface area (Å²) in [5, 5.41) is 0. The third-order valence-electron chi connectivity index (χ3n) is 21.4. The van der Waals surface area contributed by atoms with Crippen LogP contribution in [0.4, 0.5) is 0 Å². The van der Waals surface area contributed by atoms with Gasteiger partial charge in [-0.2, -0.15) is 0 Å². The Morgan fingerprint density at radius 2 is 1.19 bits per heavy atom. The maximum atomic E-state index is 2.94. The number of fused-ring (bicyclic) bond motifs is 8. The van der Waals surface area contributed by atoms with Gasteiger partial charge >= 0.3 is 345 Å². The monoisotopic (exact) mass is 876 g/mol. The van der Waals surface area contributed by atoms with Gasteiger partial charge < -0.3 is 24.8 Å². The second-order valence-corrected chi connectivity index (χ2v) is 28.8. The van der Waals surface area contributed by atoms with Gasteiger partial charge in [0.15, 0.2) is 0 Å². The van der Waals surface area contributed by atoms with E-state index in [2.05, 4.69) is 185 Å². The van der Waals surface area contributed by atoms with Crippen molar-refractivity contribution < 1.29 is 46.1 Å². The predicted octanol–water partition coefficient (Wildman–Crippen LogP) is 8.02. The minimum absolute atomic E-state index is 0. The van der Waals surface area contributed by atoms with Gasteiger partial charge in [0, 0.05) is 0 Å². The molecule has 10 aliphatic rings. The average molecular weight is 879 g/mol. The largest absolute Gasteiger partial charge is 1.00 e. The molecule has 0 heterocycles. The van der Waals surface area contributed by atoms with Gasteiger partial charge in [-0.3, -0.25) is 0 Å². The molecule has 0 aliphatic heterocycles. The summed E-state index contributed by atoms with van der Waals surface area (Å²) in [5.41, 5.74) is 4.78. The SMILES string of the molecule is CC1=CC=CC2[CH](/[Zr+2]([C]3=CC(C4(C)C5CC6CC(C5)CC4C6)=CC3C)=[C](\C)c3ccccc3)C3(C)C4(C)C=CC=CC4(C)C4(C)C=CC=CC4(C)C3(C)C12C.[Cl-].[Cl-]. The number of rotatable bonds is 4. The molecule has 0 spiro atoms. The second kappa shape index (κ2) is 13.2. The quantitative estimate of drug-likeness (QED) is 0.288. The average Bonchev–Trinajstić information content (AvgIpc) is 3.63. The standard InChI is InChI=1S/C29H37.C17H23.C8H8.2ClH.Zr/c1-21-14-13-15-22-20-27(6)25(4)18-10-9-16-23(25,2)24(3)17-11-12-19-26(24,5)29(27,8)28(21,22)7;1-11-3-4-14(5-11)17(2)15-7-12-6-13(9-15)10-16(17)8-12;1-2-8-6-4-3-5-7-8;;;/h9-20,22H,1-8H3;4-5,11-13,15-16H,6-10H2,1-2H3;3-7H,1H3;2*1H;/q;;;;;+2/p-2. The fourth-order valence-electron chi connectivity index (χ4n) is 17.7. The Labute approximate surface area is 366 Å². The molecule has 57 heavy (non-hydrogen) atoms. The maximum Gasteiger partial charge on any atom is -1.00 e. The molecular formula is C54H68Cl2Zr. The first-order valence-electron chi connectivity index (χ1n) is 22.3. The molecule has 10 atom stereocenters. The van der Waals surface area contributed by atoms with E-state index < -0.39 is 21.3 Å². The van der Waals surface area contributed by atoms with E-state index in [1.807, 2.05) is 3.28 Å². The first kappa shape index (κ1) is 42.2. The molecule has 6 saturated carbocycles. The summed E-state index contributed by atoms with van der Waals surface area (Å²) in [6.07, 6.45) is 41.4. The van der Waals surface area contributed by atoms with E-state index in [-0.39, 0.29) is 62.7 Å². The van der Waals surface area contributed by atoms with E-state index >= 15 is 0 Å². The van der Waals surface area contributed by atoms with Crippen LogP contribution in [0.2, 0.25) is 3.63 Å². The summed E-state index contributed by atoms with van der Waals surface area (Å²) in [7, 11) is 0. The van der Waals surface area contributed by atoms with Gasteiger partial charge in [0.2, 0.25) is 0 Å². The minimum atomic E-state index is -2.88. The molecule has 302 valence electrons. The molecule has 0 aromatic heterocycles. The molecule has 0 radical (unpaired) electrons. The van der Waals surface area contributed by atoms with Crippen molar-refractivity contribution in [2.45, 2.75) is 112 Å². The molecule has 10 aliphatic carbocycles. The van der Waals surface area contributed by atoms with Crippen LogP contribution in [-0.2, 0) is 21.3 Å². The normalized spacial score (nSPS) is 50.4. The van der Waals surface area contributed by atoms with E-state index in [4.69, 9.17) is 0 Å². The number of benzene rings is 1. The van der Waals surface area contributed by atoms with Gasteiger partial charge in [-0.1, -0.05) is 0 Å². The van der Waals surface area contributed by atoms with Crippen molar-refractivity contribution >= 4 is 3.21 Å². The first-order chi connectivity index (χ1) is 26.0.